The van der Waals surface area contributed by atoms with Gasteiger partial charge in [-0.2, -0.15) is 0 Å². The van der Waals surface area contributed by atoms with Crippen LogP contribution in [-0.2, 0) is 0 Å². The van der Waals surface area contributed by atoms with Gasteiger partial charge in [0.1, 0.15) is 6.67 Å². The molecule has 0 radical (unpaired) electrons. The maximum absolute atomic E-state index is 10.6. The summed E-state index contributed by atoms with van der Waals surface area (Å²) in [5.41, 5.74) is 1.34. The highest BCUT2D eigenvalue weighted by molar-refractivity contribution is 5.26. The minimum atomic E-state index is -0.417. The molecule has 1 N–H and O–H groups in total. The Morgan fingerprint density at radius 3 is 2.45 bits per heavy atom. The molecular formula is C19H32FNO. The molecule has 2 nitrogen and oxygen atoms in total. The summed E-state index contributed by atoms with van der Waals surface area (Å²) in [7, 11) is 0. The van der Waals surface area contributed by atoms with Crippen LogP contribution in [-0.4, -0.2) is 42.4 Å². The largest absolute Gasteiger partial charge is 0.393 e. The van der Waals surface area contributed by atoms with E-state index in [9.17, 15) is 9.50 Å². The van der Waals surface area contributed by atoms with Crippen molar-refractivity contribution in [2.45, 2.75) is 39.7 Å². The van der Waals surface area contributed by atoms with Crippen LogP contribution in [0.1, 0.15) is 33.6 Å². The topological polar surface area (TPSA) is 23.5 Å². The average molecular weight is 309 g/mol. The van der Waals surface area contributed by atoms with E-state index in [1.165, 1.54) is 11.6 Å². The number of allylic oxidation sites excluding steroid dienone is 5. The first-order valence-corrected chi connectivity index (χ1v) is 8.26. The van der Waals surface area contributed by atoms with Gasteiger partial charge in [-0.05, 0) is 19.8 Å². The molecule has 1 fully saturated rings. The highest BCUT2D eigenvalue weighted by Gasteiger charge is 2.18. The van der Waals surface area contributed by atoms with Crippen LogP contribution in [0.5, 0.6) is 0 Å². The summed E-state index contributed by atoms with van der Waals surface area (Å²) in [6.07, 6.45) is 14.0. The molecule has 1 unspecified atom stereocenters. The van der Waals surface area contributed by atoms with Gasteiger partial charge in [0.15, 0.2) is 0 Å². The number of alkyl halides is 1. The zero-order valence-corrected chi connectivity index (χ0v) is 14.3. The summed E-state index contributed by atoms with van der Waals surface area (Å²) in [5, 5.41) is 9.46. The van der Waals surface area contributed by atoms with Gasteiger partial charge < -0.3 is 10.0 Å². The Kier molecular flexibility index (Phi) is 12.7. The van der Waals surface area contributed by atoms with Gasteiger partial charge >= 0.3 is 0 Å². The fourth-order valence-electron chi connectivity index (χ4n) is 2.38. The van der Waals surface area contributed by atoms with E-state index in [1.54, 1.807) is 0 Å². The third kappa shape index (κ3) is 9.69. The number of piperidine rings is 1. The lowest BCUT2D eigenvalue weighted by molar-refractivity contribution is 0.0801. The molecule has 1 heterocycles. The smallest absolute Gasteiger partial charge is 0.107 e. The highest BCUT2D eigenvalue weighted by Crippen LogP contribution is 2.16. The number of hydrogen-bond donors (Lipinski definition) is 1. The van der Waals surface area contributed by atoms with Crippen molar-refractivity contribution in [1.82, 2.24) is 4.90 Å². The van der Waals surface area contributed by atoms with Crippen molar-refractivity contribution in [1.29, 1.82) is 0 Å². The number of hydrogen-bond acceptors (Lipinski definition) is 2. The number of nitrogens with zero attached hydrogens (tertiary/aromatic N) is 1. The van der Waals surface area contributed by atoms with Gasteiger partial charge in [0, 0.05) is 25.6 Å². The maximum atomic E-state index is 10.6. The van der Waals surface area contributed by atoms with Crippen molar-refractivity contribution in [2.75, 3.05) is 26.3 Å². The van der Waals surface area contributed by atoms with Crippen LogP contribution in [0.4, 0.5) is 4.39 Å². The van der Waals surface area contributed by atoms with Gasteiger partial charge in [-0.3, -0.25) is 0 Å². The van der Waals surface area contributed by atoms with Crippen molar-refractivity contribution in [3.05, 3.63) is 48.6 Å². The minimum Gasteiger partial charge on any atom is -0.393 e. The molecule has 2 rings (SSSR count). The van der Waals surface area contributed by atoms with Crippen molar-refractivity contribution in [3.8, 4) is 0 Å². The minimum absolute atomic E-state index is 0.0696. The van der Waals surface area contributed by atoms with Gasteiger partial charge in [0.2, 0.25) is 0 Å². The number of aliphatic hydroxyl groups is 1. The van der Waals surface area contributed by atoms with E-state index >= 15 is 0 Å². The van der Waals surface area contributed by atoms with Crippen LogP contribution in [0.15, 0.2) is 48.6 Å². The Labute approximate surface area is 135 Å². The third-order valence-electron chi connectivity index (χ3n) is 3.44. The summed E-state index contributed by atoms with van der Waals surface area (Å²) in [4.78, 5) is 2.46. The fourth-order valence-corrected chi connectivity index (χ4v) is 2.38. The molecule has 0 aromatic carbocycles. The van der Waals surface area contributed by atoms with Crippen LogP contribution in [0.3, 0.4) is 0 Å². The molecular weight excluding hydrogens is 277 g/mol. The molecule has 1 saturated heterocycles. The fraction of sp³-hybridized carbons (Fsp3) is 0.579. The second-order valence-electron chi connectivity index (χ2n) is 5.29. The summed E-state index contributed by atoms with van der Waals surface area (Å²) >= 11 is 0. The number of likely N-dealkylation sites (tertiary alicyclic amines) is 1. The van der Waals surface area contributed by atoms with E-state index in [2.05, 4.69) is 48.8 Å². The zero-order chi connectivity index (χ0) is 16.8. The lowest BCUT2D eigenvalue weighted by Crippen LogP contribution is -2.38. The molecule has 1 aliphatic heterocycles. The predicted molar refractivity (Wildman–Crippen MR) is 94.7 cm³/mol. The normalized spacial score (nSPS) is 21.7. The summed E-state index contributed by atoms with van der Waals surface area (Å²) in [6.45, 7) is 12.0. The van der Waals surface area contributed by atoms with Gasteiger partial charge in [-0.1, -0.05) is 55.9 Å². The number of rotatable bonds is 3. The number of aliphatic hydroxyl groups excluding tert-OH is 1. The molecule has 0 amide bonds. The maximum Gasteiger partial charge on any atom is 0.107 e. The Morgan fingerprint density at radius 1 is 1.32 bits per heavy atom. The Morgan fingerprint density at radius 2 is 1.91 bits per heavy atom. The second-order valence-corrected chi connectivity index (χ2v) is 5.29. The molecule has 0 spiro atoms. The summed E-state index contributed by atoms with van der Waals surface area (Å²) < 4.78 is 10.6. The lowest BCUT2D eigenvalue weighted by atomic mass is 10.0. The molecule has 0 saturated carbocycles. The van der Waals surface area contributed by atoms with Crippen LogP contribution < -0.4 is 0 Å². The van der Waals surface area contributed by atoms with Crippen LogP contribution in [0.2, 0.25) is 0 Å². The molecule has 0 aromatic heterocycles. The van der Waals surface area contributed by atoms with Gasteiger partial charge in [0.05, 0.1) is 6.10 Å². The van der Waals surface area contributed by atoms with E-state index < -0.39 is 6.67 Å². The van der Waals surface area contributed by atoms with Crippen molar-refractivity contribution in [2.24, 2.45) is 5.92 Å². The van der Waals surface area contributed by atoms with Crippen LogP contribution in [0, 0.1) is 5.92 Å². The van der Waals surface area contributed by atoms with E-state index in [0.717, 1.165) is 32.5 Å². The second kappa shape index (κ2) is 13.5. The Balaban J connectivity index is 0.000000640. The van der Waals surface area contributed by atoms with E-state index in [1.807, 2.05) is 13.8 Å². The van der Waals surface area contributed by atoms with E-state index in [-0.39, 0.29) is 6.10 Å². The first kappa shape index (κ1) is 20.8. The van der Waals surface area contributed by atoms with Gasteiger partial charge in [0.25, 0.3) is 0 Å². The van der Waals surface area contributed by atoms with Crippen molar-refractivity contribution in [3.63, 3.8) is 0 Å². The number of halogens is 1. The van der Waals surface area contributed by atoms with E-state index in [0.29, 0.717) is 5.92 Å². The standard InChI is InChI=1S/C14H21NO.C3H5F.C2H6/c1-12-4-2-3-5-13(10-12)11-15-8-6-14(16)7-9-15;1-2-3-4;1-2/h2-5,10,13-14,16H,6-9,11H2,1H3;2H,1,3H2;1-2H3. The molecule has 126 valence electrons. The first-order valence-electron chi connectivity index (χ1n) is 8.26. The summed E-state index contributed by atoms with van der Waals surface area (Å²) in [5.74, 6) is 0.519. The van der Waals surface area contributed by atoms with Crippen molar-refractivity contribution < 1.29 is 9.50 Å². The summed E-state index contributed by atoms with van der Waals surface area (Å²) in [6, 6.07) is 0. The van der Waals surface area contributed by atoms with Crippen LogP contribution in [0.25, 0.3) is 0 Å². The first-order chi connectivity index (χ1) is 10.7. The van der Waals surface area contributed by atoms with Crippen molar-refractivity contribution >= 4 is 0 Å². The van der Waals surface area contributed by atoms with Crippen LogP contribution >= 0.6 is 0 Å². The Hall–Kier alpha value is -1.19. The molecule has 2 aliphatic rings. The highest BCUT2D eigenvalue weighted by atomic mass is 19.1. The SMILES string of the molecule is C=CCF.CC.CC1=CC(CN2CCC(O)CC2)C=CC=C1. The van der Waals surface area contributed by atoms with E-state index in [4.69, 9.17) is 0 Å². The monoisotopic (exact) mass is 309 g/mol. The Bertz CT molecular complexity index is 366. The van der Waals surface area contributed by atoms with Gasteiger partial charge in [-0.15, -0.1) is 6.58 Å². The molecule has 22 heavy (non-hydrogen) atoms. The molecule has 0 aromatic rings. The molecule has 0 bridgehead atoms. The van der Waals surface area contributed by atoms with Gasteiger partial charge in [-0.25, -0.2) is 4.39 Å². The molecule has 1 aliphatic carbocycles. The third-order valence-corrected chi connectivity index (χ3v) is 3.44. The quantitative estimate of drug-likeness (QED) is 0.786. The average Bonchev–Trinajstić information content (AvgIpc) is 2.76. The molecule has 3 heteroatoms. The zero-order valence-electron chi connectivity index (χ0n) is 14.3. The predicted octanol–water partition coefficient (Wildman–Crippen LogP) is 4.30. The lowest BCUT2D eigenvalue weighted by Gasteiger charge is -2.31. The molecule has 1 atom stereocenters.